The molecule has 0 radical (unpaired) electrons. The van der Waals surface area contributed by atoms with E-state index in [-0.39, 0.29) is 18.1 Å². The zero-order valence-electron chi connectivity index (χ0n) is 15.1. The minimum absolute atomic E-state index is 0.0988. The lowest BCUT2D eigenvalue weighted by atomic mass is 9.92. The Kier molecular flexibility index (Phi) is 5.87. The molecule has 1 aliphatic heterocycles. The fraction of sp³-hybridized carbons (Fsp3) is 0.409. The number of rotatable bonds is 6. The highest BCUT2D eigenvalue weighted by molar-refractivity contribution is 5.76. The molecule has 25 heavy (non-hydrogen) atoms. The summed E-state index contributed by atoms with van der Waals surface area (Å²) in [6.07, 6.45) is 3.07. The summed E-state index contributed by atoms with van der Waals surface area (Å²) in [6.45, 7) is 3.13. The third kappa shape index (κ3) is 4.10. The van der Waals surface area contributed by atoms with Gasteiger partial charge in [0, 0.05) is 6.04 Å². The van der Waals surface area contributed by atoms with Gasteiger partial charge in [-0.1, -0.05) is 60.7 Å². The second-order valence-corrected chi connectivity index (χ2v) is 6.87. The normalized spacial score (nSPS) is 21.8. The molecule has 1 heterocycles. The Labute approximate surface area is 150 Å². The highest BCUT2D eigenvalue weighted by Gasteiger charge is 2.41. The SMILES string of the molecule is COC(=O)[C@@H]1[C@H](CCc2ccccc2)CCN1[C@@H](C)c1ccccc1. The molecule has 0 spiro atoms. The zero-order valence-corrected chi connectivity index (χ0v) is 15.1. The van der Waals surface area contributed by atoms with Crippen molar-refractivity contribution >= 4 is 5.97 Å². The molecule has 0 aromatic heterocycles. The number of aryl methyl sites for hydroxylation is 1. The number of hydrogen-bond donors (Lipinski definition) is 0. The molecule has 132 valence electrons. The van der Waals surface area contributed by atoms with Gasteiger partial charge >= 0.3 is 5.97 Å². The third-order valence-electron chi connectivity index (χ3n) is 5.43. The number of esters is 1. The molecule has 1 aliphatic rings. The second-order valence-electron chi connectivity index (χ2n) is 6.87. The smallest absolute Gasteiger partial charge is 0.323 e. The van der Waals surface area contributed by atoms with Crippen LogP contribution in [0.25, 0.3) is 0 Å². The Morgan fingerprint density at radius 3 is 2.40 bits per heavy atom. The van der Waals surface area contributed by atoms with Crippen molar-refractivity contribution in [2.75, 3.05) is 13.7 Å². The van der Waals surface area contributed by atoms with Crippen molar-refractivity contribution in [1.29, 1.82) is 0 Å². The predicted octanol–water partition coefficient (Wildman–Crippen LogP) is 4.24. The molecule has 0 amide bonds. The van der Waals surface area contributed by atoms with E-state index in [1.807, 2.05) is 12.1 Å². The van der Waals surface area contributed by atoms with Crippen LogP contribution < -0.4 is 0 Å². The lowest BCUT2D eigenvalue weighted by Crippen LogP contribution is -2.42. The molecule has 2 aromatic carbocycles. The Morgan fingerprint density at radius 2 is 1.76 bits per heavy atom. The van der Waals surface area contributed by atoms with Crippen LogP contribution in [0.4, 0.5) is 0 Å². The van der Waals surface area contributed by atoms with Crippen molar-refractivity contribution in [2.24, 2.45) is 5.92 Å². The van der Waals surface area contributed by atoms with Gasteiger partial charge in [-0.2, -0.15) is 0 Å². The summed E-state index contributed by atoms with van der Waals surface area (Å²) in [4.78, 5) is 14.8. The highest BCUT2D eigenvalue weighted by atomic mass is 16.5. The quantitative estimate of drug-likeness (QED) is 0.738. The van der Waals surface area contributed by atoms with Crippen LogP contribution >= 0.6 is 0 Å². The summed E-state index contributed by atoms with van der Waals surface area (Å²) < 4.78 is 5.15. The minimum atomic E-state index is -0.149. The van der Waals surface area contributed by atoms with Crippen LogP contribution in [0.5, 0.6) is 0 Å². The molecule has 3 rings (SSSR count). The van der Waals surface area contributed by atoms with Gasteiger partial charge < -0.3 is 4.74 Å². The van der Waals surface area contributed by atoms with Crippen LogP contribution in [0.2, 0.25) is 0 Å². The molecule has 0 bridgehead atoms. The Morgan fingerprint density at radius 1 is 1.12 bits per heavy atom. The average Bonchev–Trinajstić information content (AvgIpc) is 3.10. The molecular formula is C22H27NO2. The zero-order chi connectivity index (χ0) is 17.6. The number of carbonyl (C=O) groups excluding carboxylic acids is 1. The highest BCUT2D eigenvalue weighted by Crippen LogP contribution is 2.35. The van der Waals surface area contributed by atoms with E-state index in [2.05, 4.69) is 60.4 Å². The summed E-state index contributed by atoms with van der Waals surface area (Å²) >= 11 is 0. The Bertz CT molecular complexity index is 671. The van der Waals surface area contributed by atoms with E-state index in [1.54, 1.807) is 0 Å². The number of ether oxygens (including phenoxy) is 1. The standard InChI is InChI=1S/C22H27NO2/c1-17(19-11-7-4-8-12-19)23-16-15-20(21(23)22(24)25-2)14-13-18-9-5-3-6-10-18/h3-12,17,20-21H,13-16H2,1-2H3/t17-,20+,21-/m0/s1. The molecule has 3 atom stereocenters. The number of benzene rings is 2. The first-order valence-corrected chi connectivity index (χ1v) is 9.13. The molecule has 0 N–H and O–H groups in total. The summed E-state index contributed by atoms with van der Waals surface area (Å²) in [6, 6.07) is 21.0. The van der Waals surface area contributed by atoms with Crippen LogP contribution in [0.1, 0.15) is 36.9 Å². The average molecular weight is 337 g/mol. The topological polar surface area (TPSA) is 29.5 Å². The van der Waals surface area contributed by atoms with Crippen molar-refractivity contribution in [2.45, 2.75) is 38.3 Å². The number of methoxy groups -OCH3 is 1. The van der Waals surface area contributed by atoms with E-state index in [1.165, 1.54) is 18.2 Å². The number of nitrogens with zero attached hydrogens (tertiary/aromatic N) is 1. The summed E-state index contributed by atoms with van der Waals surface area (Å²) in [7, 11) is 1.50. The number of hydrogen-bond acceptors (Lipinski definition) is 3. The predicted molar refractivity (Wildman–Crippen MR) is 100 cm³/mol. The van der Waals surface area contributed by atoms with Gasteiger partial charge in [0.15, 0.2) is 0 Å². The van der Waals surface area contributed by atoms with Crippen molar-refractivity contribution in [1.82, 2.24) is 4.90 Å². The summed E-state index contributed by atoms with van der Waals surface area (Å²) in [5.41, 5.74) is 2.58. The van der Waals surface area contributed by atoms with Crippen LogP contribution in [0.15, 0.2) is 60.7 Å². The largest absolute Gasteiger partial charge is 0.468 e. The monoisotopic (exact) mass is 337 g/mol. The fourth-order valence-corrected chi connectivity index (χ4v) is 3.99. The van der Waals surface area contributed by atoms with E-state index in [9.17, 15) is 4.79 Å². The molecule has 3 heteroatoms. The molecule has 0 unspecified atom stereocenters. The Hall–Kier alpha value is -2.13. The van der Waals surface area contributed by atoms with Gasteiger partial charge in [-0.3, -0.25) is 9.69 Å². The van der Waals surface area contributed by atoms with E-state index < -0.39 is 0 Å². The van der Waals surface area contributed by atoms with Crippen molar-refractivity contribution < 1.29 is 9.53 Å². The van der Waals surface area contributed by atoms with Gasteiger partial charge in [0.2, 0.25) is 0 Å². The summed E-state index contributed by atoms with van der Waals surface area (Å²) in [5, 5.41) is 0. The molecule has 0 aliphatic carbocycles. The molecule has 2 aromatic rings. The first-order valence-electron chi connectivity index (χ1n) is 9.13. The van der Waals surface area contributed by atoms with Gasteiger partial charge in [0.05, 0.1) is 7.11 Å². The van der Waals surface area contributed by atoms with Gasteiger partial charge in [0.1, 0.15) is 6.04 Å². The maximum atomic E-state index is 12.5. The summed E-state index contributed by atoms with van der Waals surface area (Å²) in [5.74, 6) is 0.247. The molecule has 3 nitrogen and oxygen atoms in total. The number of likely N-dealkylation sites (tertiary alicyclic amines) is 1. The minimum Gasteiger partial charge on any atom is -0.468 e. The van der Waals surface area contributed by atoms with Crippen molar-refractivity contribution in [3.63, 3.8) is 0 Å². The first kappa shape index (κ1) is 17.7. The maximum Gasteiger partial charge on any atom is 0.323 e. The van der Waals surface area contributed by atoms with E-state index in [0.717, 1.165) is 25.8 Å². The molecule has 1 fully saturated rings. The lowest BCUT2D eigenvalue weighted by Gasteiger charge is -2.31. The molecule has 0 saturated carbocycles. The molecular weight excluding hydrogens is 310 g/mol. The second kappa shape index (κ2) is 8.30. The third-order valence-corrected chi connectivity index (χ3v) is 5.43. The van der Waals surface area contributed by atoms with E-state index in [4.69, 9.17) is 4.74 Å². The fourth-order valence-electron chi connectivity index (χ4n) is 3.99. The lowest BCUT2D eigenvalue weighted by molar-refractivity contribution is -0.148. The van der Waals surface area contributed by atoms with Crippen LogP contribution in [0, 0.1) is 5.92 Å². The van der Waals surface area contributed by atoms with Gasteiger partial charge in [-0.05, 0) is 49.8 Å². The van der Waals surface area contributed by atoms with Crippen LogP contribution in [-0.4, -0.2) is 30.6 Å². The maximum absolute atomic E-state index is 12.5. The van der Waals surface area contributed by atoms with Gasteiger partial charge in [-0.15, -0.1) is 0 Å². The van der Waals surface area contributed by atoms with E-state index >= 15 is 0 Å². The van der Waals surface area contributed by atoms with Gasteiger partial charge in [0.25, 0.3) is 0 Å². The Balaban J connectivity index is 1.73. The van der Waals surface area contributed by atoms with Crippen molar-refractivity contribution in [3.8, 4) is 0 Å². The van der Waals surface area contributed by atoms with Crippen molar-refractivity contribution in [3.05, 3.63) is 71.8 Å². The van der Waals surface area contributed by atoms with Crippen LogP contribution in [-0.2, 0) is 16.0 Å². The first-order chi connectivity index (χ1) is 12.2. The molecule has 1 saturated heterocycles. The van der Waals surface area contributed by atoms with E-state index in [0.29, 0.717) is 5.92 Å². The van der Waals surface area contributed by atoms with Gasteiger partial charge in [-0.25, -0.2) is 0 Å². The van der Waals surface area contributed by atoms with Crippen LogP contribution in [0.3, 0.4) is 0 Å². The number of carbonyl (C=O) groups is 1.